The van der Waals surface area contributed by atoms with Crippen LogP contribution in [0.25, 0.3) is 11.0 Å². The van der Waals surface area contributed by atoms with Crippen molar-refractivity contribution in [2.75, 3.05) is 7.05 Å². The van der Waals surface area contributed by atoms with E-state index in [0.29, 0.717) is 18.1 Å². The highest BCUT2D eigenvalue weighted by atomic mass is 16.1. The second kappa shape index (κ2) is 4.97. The first-order valence-electron chi connectivity index (χ1n) is 9.18. The lowest BCUT2D eigenvalue weighted by Crippen LogP contribution is -2.51. The van der Waals surface area contributed by atoms with Crippen LogP contribution in [0.15, 0.2) is 23.0 Å². The Kier molecular flexibility index (Phi) is 2.99. The summed E-state index contributed by atoms with van der Waals surface area (Å²) in [6.07, 6.45) is 8.41. The molecule has 1 aromatic heterocycles. The third kappa shape index (κ3) is 1.90. The Labute approximate surface area is 136 Å². The Balaban J connectivity index is 1.66. The smallest absolute Gasteiger partial charge is 0.300 e. The number of para-hydroxylation sites is 1. The molecule has 23 heavy (non-hydrogen) atoms. The van der Waals surface area contributed by atoms with Crippen LogP contribution in [0.2, 0.25) is 0 Å². The van der Waals surface area contributed by atoms with Gasteiger partial charge in [0.1, 0.15) is 0 Å². The highest BCUT2D eigenvalue weighted by Gasteiger charge is 2.38. The van der Waals surface area contributed by atoms with Crippen molar-refractivity contribution in [1.82, 2.24) is 14.0 Å². The molecule has 0 radical (unpaired) electrons. The molecule has 0 spiro atoms. The number of benzene rings is 1. The number of aromatic nitrogens is 2. The molecule has 4 nitrogen and oxygen atoms in total. The standard InChI is InChI=1S/C19H25N3O/c1-20-14-7-3-8-15(20)12-16(11-14)22-17-9-2-5-13-6-4-10-21(18(13)17)19(22)23/h2,5,9,14-16H,3-4,6-8,10-12H2,1H3. The van der Waals surface area contributed by atoms with E-state index >= 15 is 0 Å². The summed E-state index contributed by atoms with van der Waals surface area (Å²) < 4.78 is 4.20. The second-order valence-electron chi connectivity index (χ2n) is 7.72. The predicted octanol–water partition coefficient (Wildman–Crippen LogP) is 2.94. The lowest BCUT2D eigenvalue weighted by atomic mass is 9.82. The molecule has 0 N–H and O–H groups in total. The summed E-state index contributed by atoms with van der Waals surface area (Å²) >= 11 is 0. The maximum absolute atomic E-state index is 13.1. The van der Waals surface area contributed by atoms with Crippen molar-refractivity contribution in [2.24, 2.45) is 0 Å². The van der Waals surface area contributed by atoms with Gasteiger partial charge in [-0.25, -0.2) is 4.79 Å². The number of aryl methyl sites for hydroxylation is 2. The number of hydrogen-bond donors (Lipinski definition) is 0. The molecule has 4 heteroatoms. The topological polar surface area (TPSA) is 30.2 Å². The van der Waals surface area contributed by atoms with Crippen molar-refractivity contribution in [2.45, 2.75) is 69.6 Å². The zero-order valence-electron chi connectivity index (χ0n) is 13.9. The van der Waals surface area contributed by atoms with Crippen molar-refractivity contribution in [1.29, 1.82) is 0 Å². The largest absolute Gasteiger partial charge is 0.329 e. The zero-order valence-corrected chi connectivity index (χ0v) is 13.9. The van der Waals surface area contributed by atoms with Gasteiger partial charge in [-0.1, -0.05) is 18.6 Å². The molecule has 0 aliphatic carbocycles. The quantitative estimate of drug-likeness (QED) is 0.810. The summed E-state index contributed by atoms with van der Waals surface area (Å²) in [4.78, 5) is 15.7. The van der Waals surface area contributed by atoms with Crippen LogP contribution in [0.5, 0.6) is 0 Å². The first kappa shape index (κ1) is 13.8. The Morgan fingerprint density at radius 2 is 1.83 bits per heavy atom. The highest BCUT2D eigenvalue weighted by molar-refractivity contribution is 5.80. The maximum Gasteiger partial charge on any atom is 0.329 e. The summed E-state index contributed by atoms with van der Waals surface area (Å²) in [7, 11) is 2.28. The molecule has 122 valence electrons. The third-order valence-corrected chi connectivity index (χ3v) is 6.57. The number of hydrogen-bond acceptors (Lipinski definition) is 2. The molecule has 3 aliphatic rings. The fraction of sp³-hybridized carbons (Fsp3) is 0.632. The van der Waals surface area contributed by atoms with E-state index in [4.69, 9.17) is 0 Å². The molecule has 0 saturated carbocycles. The molecular weight excluding hydrogens is 286 g/mol. The Morgan fingerprint density at radius 3 is 2.61 bits per heavy atom. The van der Waals surface area contributed by atoms with Crippen LogP contribution in [0.1, 0.15) is 50.1 Å². The van der Waals surface area contributed by atoms with E-state index < -0.39 is 0 Å². The number of nitrogens with zero attached hydrogens (tertiary/aromatic N) is 3. The monoisotopic (exact) mass is 311 g/mol. The van der Waals surface area contributed by atoms with E-state index in [0.717, 1.165) is 32.2 Å². The van der Waals surface area contributed by atoms with Crippen molar-refractivity contribution in [3.8, 4) is 0 Å². The first-order chi connectivity index (χ1) is 11.2. The molecule has 0 amide bonds. The molecule has 2 saturated heterocycles. The molecule has 5 rings (SSSR count). The number of fused-ring (bicyclic) bond motifs is 2. The SMILES string of the molecule is CN1C2CCCC1CC(n1c(=O)n3c4c(cccc41)CCC3)C2. The molecule has 2 fully saturated rings. The summed E-state index contributed by atoms with van der Waals surface area (Å²) in [5, 5.41) is 0. The summed E-state index contributed by atoms with van der Waals surface area (Å²) in [6.45, 7) is 0.888. The van der Waals surface area contributed by atoms with Crippen molar-refractivity contribution < 1.29 is 0 Å². The van der Waals surface area contributed by atoms with E-state index in [1.165, 1.54) is 35.9 Å². The van der Waals surface area contributed by atoms with E-state index in [1.807, 2.05) is 4.57 Å². The molecule has 2 bridgehead atoms. The molecule has 1 aromatic carbocycles. The van der Waals surface area contributed by atoms with Gasteiger partial charge in [0.05, 0.1) is 11.0 Å². The molecule has 3 aliphatic heterocycles. The van der Waals surface area contributed by atoms with E-state index in [9.17, 15) is 4.79 Å². The molecule has 2 atom stereocenters. The van der Waals surface area contributed by atoms with E-state index in [1.54, 1.807) is 0 Å². The Hall–Kier alpha value is -1.55. The van der Waals surface area contributed by atoms with Gasteiger partial charge >= 0.3 is 5.69 Å². The van der Waals surface area contributed by atoms with Gasteiger partial charge in [-0.05, 0) is 57.2 Å². The van der Waals surface area contributed by atoms with Crippen LogP contribution in [0.4, 0.5) is 0 Å². The fourth-order valence-corrected chi connectivity index (χ4v) is 5.40. The average molecular weight is 311 g/mol. The third-order valence-electron chi connectivity index (χ3n) is 6.57. The highest BCUT2D eigenvalue weighted by Crippen LogP contribution is 2.39. The normalized spacial score (nSPS) is 30.7. The number of rotatable bonds is 1. The second-order valence-corrected chi connectivity index (χ2v) is 7.72. The summed E-state index contributed by atoms with van der Waals surface area (Å²) in [5.74, 6) is 0. The van der Waals surface area contributed by atoms with Gasteiger partial charge < -0.3 is 4.90 Å². The van der Waals surface area contributed by atoms with Gasteiger partial charge in [0.25, 0.3) is 0 Å². The Morgan fingerprint density at radius 1 is 1.04 bits per heavy atom. The predicted molar refractivity (Wildman–Crippen MR) is 92.0 cm³/mol. The summed E-state index contributed by atoms with van der Waals surface area (Å²) in [6, 6.07) is 8.20. The Bertz CT molecular complexity index is 804. The number of piperidine rings is 2. The van der Waals surface area contributed by atoms with Crippen LogP contribution in [0, 0.1) is 0 Å². The maximum atomic E-state index is 13.1. The summed E-state index contributed by atoms with van der Waals surface area (Å²) in [5.41, 5.74) is 3.99. The number of imidazole rings is 1. The molecule has 2 aromatic rings. The minimum absolute atomic E-state index is 0.236. The van der Waals surface area contributed by atoms with Gasteiger partial charge in [0.2, 0.25) is 0 Å². The molecule has 2 unspecified atom stereocenters. The zero-order chi connectivity index (χ0) is 15.6. The van der Waals surface area contributed by atoms with Gasteiger partial charge in [0, 0.05) is 24.7 Å². The minimum atomic E-state index is 0.236. The van der Waals surface area contributed by atoms with Crippen molar-refractivity contribution in [3.63, 3.8) is 0 Å². The van der Waals surface area contributed by atoms with E-state index in [2.05, 4.69) is 34.7 Å². The lowest BCUT2D eigenvalue weighted by molar-refractivity contribution is 0.0400. The van der Waals surface area contributed by atoms with Crippen LogP contribution in [-0.2, 0) is 13.0 Å². The minimum Gasteiger partial charge on any atom is -0.300 e. The fourth-order valence-electron chi connectivity index (χ4n) is 5.40. The van der Waals surface area contributed by atoms with E-state index in [-0.39, 0.29) is 5.69 Å². The lowest BCUT2D eigenvalue weighted by Gasteiger charge is -2.47. The van der Waals surface area contributed by atoms with Crippen LogP contribution in [0.3, 0.4) is 0 Å². The average Bonchev–Trinajstić information content (AvgIpc) is 2.83. The van der Waals surface area contributed by atoms with Gasteiger partial charge in [-0.2, -0.15) is 0 Å². The molecule has 4 heterocycles. The van der Waals surface area contributed by atoms with Crippen LogP contribution in [-0.4, -0.2) is 33.2 Å². The van der Waals surface area contributed by atoms with Crippen LogP contribution >= 0.6 is 0 Å². The van der Waals surface area contributed by atoms with Gasteiger partial charge in [0.15, 0.2) is 0 Å². The van der Waals surface area contributed by atoms with Crippen molar-refractivity contribution in [3.05, 3.63) is 34.2 Å². The molecular formula is C19H25N3O. The van der Waals surface area contributed by atoms with Gasteiger partial charge in [-0.3, -0.25) is 9.13 Å². The first-order valence-corrected chi connectivity index (χ1v) is 9.18. The van der Waals surface area contributed by atoms with Gasteiger partial charge in [-0.15, -0.1) is 0 Å². The van der Waals surface area contributed by atoms with Crippen molar-refractivity contribution >= 4 is 11.0 Å². The van der Waals surface area contributed by atoms with Crippen LogP contribution < -0.4 is 5.69 Å².